The summed E-state index contributed by atoms with van der Waals surface area (Å²) in [5.41, 5.74) is 5.32. The van der Waals surface area contributed by atoms with E-state index >= 15 is 0 Å². The second-order valence-corrected chi connectivity index (χ2v) is 6.12. The largest absolute Gasteiger partial charge is 0.334 e. The fraction of sp³-hybridized carbons (Fsp3) is 0.385. The van der Waals surface area contributed by atoms with Gasteiger partial charge in [0.15, 0.2) is 5.82 Å². The summed E-state index contributed by atoms with van der Waals surface area (Å²) in [6, 6.07) is 1.93. The molecule has 0 aliphatic heterocycles. The molecule has 0 unspecified atom stereocenters. The normalized spacial score (nSPS) is 16.1. The molecule has 1 saturated carbocycles. The van der Waals surface area contributed by atoms with Gasteiger partial charge >= 0.3 is 0 Å². The van der Waals surface area contributed by atoms with Crippen LogP contribution in [0.4, 0.5) is 10.1 Å². The third-order valence-electron chi connectivity index (χ3n) is 3.81. The Morgan fingerprint density at radius 1 is 1.39 bits per heavy atom. The number of nitro groups is 1. The van der Waals surface area contributed by atoms with Crippen LogP contribution in [-0.4, -0.2) is 15.1 Å². The molecule has 1 aliphatic rings. The van der Waals surface area contributed by atoms with Crippen molar-refractivity contribution in [2.75, 3.05) is 0 Å². The molecule has 7 nitrogen and oxygen atoms in total. The fourth-order valence-corrected chi connectivity index (χ4v) is 3.17. The summed E-state index contributed by atoms with van der Waals surface area (Å²) in [6.07, 6.45) is 3.46. The molecular formula is C13H13BrClFN4O3. The molecular weight excluding hydrogens is 395 g/mol. The first-order chi connectivity index (χ1) is 10.4. The Morgan fingerprint density at radius 3 is 2.65 bits per heavy atom. The zero-order valence-electron chi connectivity index (χ0n) is 11.8. The first kappa shape index (κ1) is 17.8. The molecule has 3 rings (SSSR count). The predicted molar refractivity (Wildman–Crippen MR) is 85.6 cm³/mol. The molecule has 0 bridgehead atoms. The topological polar surface area (TPSA) is 108 Å². The van der Waals surface area contributed by atoms with Crippen LogP contribution in [0.1, 0.15) is 31.5 Å². The molecule has 1 aliphatic carbocycles. The summed E-state index contributed by atoms with van der Waals surface area (Å²) in [7, 11) is 0. The molecule has 1 aromatic heterocycles. The highest BCUT2D eigenvalue weighted by Crippen LogP contribution is 2.38. The molecule has 0 saturated heterocycles. The molecule has 1 heterocycles. The lowest BCUT2D eigenvalue weighted by atomic mass is 9.99. The maximum atomic E-state index is 13.6. The van der Waals surface area contributed by atoms with Crippen LogP contribution in [0.25, 0.3) is 11.5 Å². The van der Waals surface area contributed by atoms with Crippen molar-refractivity contribution >= 4 is 34.0 Å². The van der Waals surface area contributed by atoms with Crippen LogP contribution in [0.5, 0.6) is 0 Å². The van der Waals surface area contributed by atoms with E-state index in [1.807, 2.05) is 0 Å². The van der Waals surface area contributed by atoms with Gasteiger partial charge in [-0.3, -0.25) is 10.1 Å². The Kier molecular flexibility index (Phi) is 5.02. The van der Waals surface area contributed by atoms with Crippen molar-refractivity contribution in [2.24, 2.45) is 5.73 Å². The summed E-state index contributed by atoms with van der Waals surface area (Å²) in [4.78, 5) is 14.5. The van der Waals surface area contributed by atoms with E-state index in [0.717, 1.165) is 37.8 Å². The lowest BCUT2D eigenvalue weighted by Crippen LogP contribution is -2.34. The molecule has 2 N–H and O–H groups in total. The Balaban J connectivity index is 0.00000192. The van der Waals surface area contributed by atoms with Gasteiger partial charge in [-0.15, -0.1) is 12.4 Å². The highest BCUT2D eigenvalue weighted by atomic mass is 79.9. The van der Waals surface area contributed by atoms with E-state index in [0.29, 0.717) is 5.82 Å². The van der Waals surface area contributed by atoms with E-state index in [2.05, 4.69) is 26.1 Å². The summed E-state index contributed by atoms with van der Waals surface area (Å²) in [6.45, 7) is 0. The number of nitro benzene ring substituents is 1. The number of hydrogen-bond donors (Lipinski definition) is 1. The second kappa shape index (κ2) is 6.50. The minimum absolute atomic E-state index is 0. The Bertz CT molecular complexity index is 749. The number of benzene rings is 1. The van der Waals surface area contributed by atoms with Crippen molar-refractivity contribution in [3.8, 4) is 11.5 Å². The van der Waals surface area contributed by atoms with E-state index in [9.17, 15) is 14.5 Å². The van der Waals surface area contributed by atoms with Gasteiger partial charge in [0.25, 0.3) is 11.6 Å². The Labute approximate surface area is 145 Å². The molecule has 10 heteroatoms. The summed E-state index contributed by atoms with van der Waals surface area (Å²) < 4.78 is 18.8. The minimum Gasteiger partial charge on any atom is -0.334 e. The van der Waals surface area contributed by atoms with E-state index < -0.39 is 22.0 Å². The van der Waals surface area contributed by atoms with E-state index in [1.165, 1.54) is 0 Å². The molecule has 1 fully saturated rings. The van der Waals surface area contributed by atoms with Crippen molar-refractivity contribution < 1.29 is 13.8 Å². The van der Waals surface area contributed by atoms with Crippen molar-refractivity contribution in [2.45, 2.75) is 31.2 Å². The van der Waals surface area contributed by atoms with Crippen LogP contribution >= 0.6 is 28.3 Å². The lowest BCUT2D eigenvalue weighted by Gasteiger charge is -2.17. The van der Waals surface area contributed by atoms with Crippen molar-refractivity contribution in [1.82, 2.24) is 10.1 Å². The maximum absolute atomic E-state index is 13.6. The van der Waals surface area contributed by atoms with Crippen molar-refractivity contribution in [1.29, 1.82) is 0 Å². The fourth-order valence-electron chi connectivity index (χ4n) is 2.63. The first-order valence-electron chi connectivity index (χ1n) is 6.67. The van der Waals surface area contributed by atoms with Crippen LogP contribution in [0, 0.1) is 15.9 Å². The Morgan fingerprint density at radius 2 is 2.04 bits per heavy atom. The van der Waals surface area contributed by atoms with Crippen LogP contribution < -0.4 is 5.73 Å². The lowest BCUT2D eigenvalue weighted by molar-refractivity contribution is -0.385. The van der Waals surface area contributed by atoms with Gasteiger partial charge < -0.3 is 10.3 Å². The quantitative estimate of drug-likeness (QED) is 0.614. The monoisotopic (exact) mass is 406 g/mol. The number of nitrogens with zero attached hydrogens (tertiary/aromatic N) is 3. The highest BCUT2D eigenvalue weighted by molar-refractivity contribution is 9.10. The SMILES string of the molecule is Cl.NC1(c2noc(-c3cc(F)cc([N+](=O)[O-])c3Br)n2)CCCC1. The molecule has 0 amide bonds. The number of nitrogens with two attached hydrogens (primary N) is 1. The minimum atomic E-state index is -0.757. The van der Waals surface area contributed by atoms with Crippen LogP contribution in [0.2, 0.25) is 0 Å². The van der Waals surface area contributed by atoms with Crippen LogP contribution in [0.15, 0.2) is 21.1 Å². The first-order valence-corrected chi connectivity index (χ1v) is 7.47. The molecule has 0 radical (unpaired) electrons. The maximum Gasteiger partial charge on any atom is 0.287 e. The molecule has 0 spiro atoms. The van der Waals surface area contributed by atoms with Gasteiger partial charge in [-0.05, 0) is 34.8 Å². The van der Waals surface area contributed by atoms with Crippen molar-refractivity contribution in [3.63, 3.8) is 0 Å². The van der Waals surface area contributed by atoms with Gasteiger partial charge in [0, 0.05) is 0 Å². The van der Waals surface area contributed by atoms with E-state index in [1.54, 1.807) is 0 Å². The highest BCUT2D eigenvalue weighted by Gasteiger charge is 2.36. The second-order valence-electron chi connectivity index (χ2n) is 5.33. The molecule has 23 heavy (non-hydrogen) atoms. The van der Waals surface area contributed by atoms with E-state index in [4.69, 9.17) is 10.3 Å². The van der Waals surface area contributed by atoms with Crippen molar-refractivity contribution in [3.05, 3.63) is 38.4 Å². The molecule has 124 valence electrons. The predicted octanol–water partition coefficient (Wildman–Crippen LogP) is 3.70. The Hall–Kier alpha value is -1.58. The van der Waals surface area contributed by atoms with Crippen LogP contribution in [0.3, 0.4) is 0 Å². The van der Waals surface area contributed by atoms with Crippen LogP contribution in [-0.2, 0) is 5.54 Å². The third kappa shape index (κ3) is 3.22. The van der Waals surface area contributed by atoms with Gasteiger partial charge in [-0.25, -0.2) is 4.39 Å². The zero-order chi connectivity index (χ0) is 15.9. The number of aromatic nitrogens is 2. The summed E-state index contributed by atoms with van der Waals surface area (Å²) >= 11 is 3.09. The number of rotatable bonds is 3. The average molecular weight is 408 g/mol. The number of hydrogen-bond acceptors (Lipinski definition) is 6. The number of halogens is 3. The average Bonchev–Trinajstić information content (AvgIpc) is 3.10. The smallest absolute Gasteiger partial charge is 0.287 e. The van der Waals surface area contributed by atoms with Gasteiger partial charge in [0.1, 0.15) is 10.3 Å². The van der Waals surface area contributed by atoms with E-state index in [-0.39, 0.29) is 28.3 Å². The molecule has 1 aromatic carbocycles. The van der Waals surface area contributed by atoms with Gasteiger partial charge in [0.2, 0.25) is 0 Å². The standard InChI is InChI=1S/C13H12BrFN4O3.ClH/c14-10-8(5-7(15)6-9(10)19(20)21)11-17-12(18-22-11)13(16)3-1-2-4-13;/h5-6H,1-4,16H2;1H. The third-order valence-corrected chi connectivity index (χ3v) is 4.65. The van der Waals surface area contributed by atoms with Gasteiger partial charge in [0.05, 0.1) is 22.1 Å². The van der Waals surface area contributed by atoms with Gasteiger partial charge in [-0.1, -0.05) is 18.0 Å². The van der Waals surface area contributed by atoms with Gasteiger partial charge in [-0.2, -0.15) is 4.98 Å². The molecule has 0 atom stereocenters. The molecule has 2 aromatic rings. The summed E-state index contributed by atoms with van der Waals surface area (Å²) in [5.74, 6) is -0.409. The zero-order valence-corrected chi connectivity index (χ0v) is 14.2. The summed E-state index contributed by atoms with van der Waals surface area (Å²) in [5, 5.41) is 14.8.